The van der Waals surface area contributed by atoms with Crippen molar-refractivity contribution in [2.75, 3.05) is 0 Å². The van der Waals surface area contributed by atoms with Crippen LogP contribution in [0, 0.1) is 5.92 Å². The molecule has 11 heavy (non-hydrogen) atoms. The maximum absolute atomic E-state index is 10.4. The number of nitrogens with one attached hydrogen (secondary N) is 1. The second kappa shape index (κ2) is 3.22. The van der Waals surface area contributed by atoms with Gasteiger partial charge in [0.25, 0.3) is 0 Å². The molecule has 1 aliphatic rings. The van der Waals surface area contributed by atoms with Crippen molar-refractivity contribution < 1.29 is 9.90 Å². The largest absolute Gasteiger partial charge is 0.480 e. The van der Waals surface area contributed by atoms with Crippen molar-refractivity contribution in [1.82, 2.24) is 5.32 Å². The number of carboxylic acids is 1. The molecule has 0 aliphatic heterocycles. The molecule has 3 nitrogen and oxygen atoms in total. The summed E-state index contributed by atoms with van der Waals surface area (Å²) in [5, 5.41) is 11.6. The molecule has 1 rings (SSSR count). The molecule has 0 amide bonds. The van der Waals surface area contributed by atoms with Crippen LogP contribution >= 0.6 is 0 Å². The highest BCUT2D eigenvalue weighted by molar-refractivity contribution is 5.72. The van der Waals surface area contributed by atoms with Crippen LogP contribution in [0.15, 0.2) is 0 Å². The predicted molar refractivity (Wildman–Crippen MR) is 42.4 cm³/mol. The highest BCUT2D eigenvalue weighted by Gasteiger charge is 2.28. The summed E-state index contributed by atoms with van der Waals surface area (Å²) in [5.41, 5.74) is 0. The van der Waals surface area contributed by atoms with Crippen LogP contribution in [0.2, 0.25) is 0 Å². The number of carboxylic acid groups (broad SMARTS) is 1. The van der Waals surface area contributed by atoms with Crippen molar-refractivity contribution in [3.8, 4) is 0 Å². The molecular formula is C8H15NO2. The highest BCUT2D eigenvalue weighted by atomic mass is 16.4. The molecule has 3 atom stereocenters. The standard InChI is InChI=1S/C8H15NO2/c1-5-3-4-7(5)9-6(2)8(10)11/h5-7,9H,3-4H2,1-2H3,(H,10,11). The van der Waals surface area contributed by atoms with Gasteiger partial charge in [0.1, 0.15) is 6.04 Å². The smallest absolute Gasteiger partial charge is 0.320 e. The summed E-state index contributed by atoms with van der Waals surface area (Å²) >= 11 is 0. The van der Waals surface area contributed by atoms with E-state index in [4.69, 9.17) is 5.11 Å². The Morgan fingerprint density at radius 1 is 1.64 bits per heavy atom. The zero-order valence-electron chi connectivity index (χ0n) is 7.00. The normalized spacial score (nSPS) is 32.5. The molecule has 0 radical (unpaired) electrons. The Morgan fingerprint density at radius 2 is 2.27 bits per heavy atom. The summed E-state index contributed by atoms with van der Waals surface area (Å²) < 4.78 is 0. The number of hydrogen-bond acceptors (Lipinski definition) is 2. The van der Waals surface area contributed by atoms with E-state index in [2.05, 4.69) is 12.2 Å². The van der Waals surface area contributed by atoms with Crippen LogP contribution in [0.5, 0.6) is 0 Å². The minimum atomic E-state index is -0.760. The van der Waals surface area contributed by atoms with Crippen molar-refractivity contribution in [3.05, 3.63) is 0 Å². The average Bonchev–Trinajstić information content (AvgIpc) is 1.96. The fourth-order valence-electron chi connectivity index (χ4n) is 1.31. The van der Waals surface area contributed by atoms with E-state index in [0.29, 0.717) is 12.0 Å². The van der Waals surface area contributed by atoms with E-state index in [9.17, 15) is 4.79 Å². The first-order valence-corrected chi connectivity index (χ1v) is 4.10. The lowest BCUT2D eigenvalue weighted by Gasteiger charge is -2.35. The van der Waals surface area contributed by atoms with Crippen LogP contribution in [0.3, 0.4) is 0 Å². The quantitative estimate of drug-likeness (QED) is 0.638. The molecule has 0 aromatic heterocycles. The lowest BCUT2D eigenvalue weighted by atomic mass is 9.81. The Morgan fingerprint density at radius 3 is 2.55 bits per heavy atom. The van der Waals surface area contributed by atoms with Gasteiger partial charge in [-0.3, -0.25) is 4.79 Å². The molecular weight excluding hydrogens is 142 g/mol. The lowest BCUT2D eigenvalue weighted by Crippen LogP contribution is -2.49. The first-order chi connectivity index (χ1) is 5.11. The minimum absolute atomic E-state index is 0.400. The SMILES string of the molecule is CC(NC1CCC1C)C(=O)O. The van der Waals surface area contributed by atoms with Crippen molar-refractivity contribution in [1.29, 1.82) is 0 Å². The fourth-order valence-corrected chi connectivity index (χ4v) is 1.31. The van der Waals surface area contributed by atoms with E-state index < -0.39 is 12.0 Å². The molecule has 0 spiro atoms. The third-order valence-corrected chi connectivity index (χ3v) is 2.45. The highest BCUT2D eigenvalue weighted by Crippen LogP contribution is 2.26. The monoisotopic (exact) mass is 157 g/mol. The zero-order valence-corrected chi connectivity index (χ0v) is 7.00. The maximum atomic E-state index is 10.4. The van der Waals surface area contributed by atoms with E-state index in [-0.39, 0.29) is 0 Å². The van der Waals surface area contributed by atoms with Gasteiger partial charge in [-0.15, -0.1) is 0 Å². The summed E-state index contributed by atoms with van der Waals surface area (Å²) in [4.78, 5) is 10.4. The van der Waals surface area contributed by atoms with E-state index in [1.54, 1.807) is 6.92 Å². The number of rotatable bonds is 3. The summed E-state index contributed by atoms with van der Waals surface area (Å²) in [6, 6.07) is 0.0313. The van der Waals surface area contributed by atoms with Crippen molar-refractivity contribution in [2.24, 2.45) is 5.92 Å². The summed E-state index contributed by atoms with van der Waals surface area (Å²) in [5.74, 6) is -0.110. The molecule has 0 aromatic rings. The molecule has 2 N–H and O–H groups in total. The topological polar surface area (TPSA) is 49.3 Å². The van der Waals surface area contributed by atoms with Gasteiger partial charge in [-0.2, -0.15) is 0 Å². The van der Waals surface area contributed by atoms with E-state index in [1.165, 1.54) is 6.42 Å². The number of hydrogen-bond donors (Lipinski definition) is 2. The van der Waals surface area contributed by atoms with Crippen LogP contribution in [0.4, 0.5) is 0 Å². The third kappa shape index (κ3) is 1.93. The van der Waals surface area contributed by atoms with E-state index in [1.807, 2.05) is 0 Å². The van der Waals surface area contributed by atoms with Crippen LogP contribution in [0.1, 0.15) is 26.7 Å². The molecule has 0 heterocycles. The second-order valence-corrected chi connectivity index (χ2v) is 3.39. The maximum Gasteiger partial charge on any atom is 0.320 e. The van der Waals surface area contributed by atoms with Crippen molar-refractivity contribution in [2.45, 2.75) is 38.8 Å². The van der Waals surface area contributed by atoms with Crippen molar-refractivity contribution >= 4 is 5.97 Å². The van der Waals surface area contributed by atoms with Gasteiger partial charge in [0.15, 0.2) is 0 Å². The first kappa shape index (κ1) is 8.53. The Hall–Kier alpha value is -0.570. The molecule has 0 bridgehead atoms. The number of carbonyl (C=O) groups is 1. The molecule has 3 heteroatoms. The fraction of sp³-hybridized carbons (Fsp3) is 0.875. The molecule has 0 aromatic carbocycles. The molecule has 64 valence electrons. The van der Waals surface area contributed by atoms with Crippen LogP contribution in [-0.4, -0.2) is 23.2 Å². The summed E-state index contributed by atoms with van der Waals surface area (Å²) in [7, 11) is 0. The second-order valence-electron chi connectivity index (χ2n) is 3.39. The van der Waals surface area contributed by atoms with Crippen LogP contribution < -0.4 is 5.32 Å². The van der Waals surface area contributed by atoms with E-state index >= 15 is 0 Å². The van der Waals surface area contributed by atoms with Gasteiger partial charge in [0, 0.05) is 6.04 Å². The molecule has 1 saturated carbocycles. The summed E-state index contributed by atoms with van der Waals surface area (Å²) in [6.45, 7) is 3.84. The number of aliphatic carboxylic acids is 1. The Bertz CT molecular complexity index is 158. The molecule has 1 aliphatic carbocycles. The average molecular weight is 157 g/mol. The molecule has 1 fully saturated rings. The zero-order chi connectivity index (χ0) is 8.43. The van der Waals surface area contributed by atoms with Crippen LogP contribution in [0.25, 0.3) is 0 Å². The van der Waals surface area contributed by atoms with Gasteiger partial charge in [0.2, 0.25) is 0 Å². The molecule has 0 saturated heterocycles. The van der Waals surface area contributed by atoms with Gasteiger partial charge in [-0.1, -0.05) is 6.92 Å². The van der Waals surface area contributed by atoms with Gasteiger partial charge in [-0.05, 0) is 25.7 Å². The van der Waals surface area contributed by atoms with Gasteiger partial charge >= 0.3 is 5.97 Å². The minimum Gasteiger partial charge on any atom is -0.480 e. The first-order valence-electron chi connectivity index (χ1n) is 4.10. The Kier molecular flexibility index (Phi) is 2.49. The van der Waals surface area contributed by atoms with Gasteiger partial charge in [-0.25, -0.2) is 0 Å². The predicted octanol–water partition coefficient (Wildman–Crippen LogP) is 0.848. The van der Waals surface area contributed by atoms with Crippen LogP contribution in [-0.2, 0) is 4.79 Å². The summed E-state index contributed by atoms with van der Waals surface area (Å²) in [6.07, 6.45) is 2.35. The molecule has 3 unspecified atom stereocenters. The van der Waals surface area contributed by atoms with Crippen molar-refractivity contribution in [3.63, 3.8) is 0 Å². The Balaban J connectivity index is 2.25. The van der Waals surface area contributed by atoms with E-state index in [0.717, 1.165) is 6.42 Å². The van der Waals surface area contributed by atoms with Gasteiger partial charge < -0.3 is 10.4 Å². The van der Waals surface area contributed by atoms with Gasteiger partial charge in [0.05, 0.1) is 0 Å². The third-order valence-electron chi connectivity index (χ3n) is 2.45. The Labute approximate surface area is 66.8 Å². The lowest BCUT2D eigenvalue weighted by molar-refractivity contribution is -0.139.